The molecule has 3 aromatic rings. The summed E-state index contributed by atoms with van der Waals surface area (Å²) in [5.41, 5.74) is 9.01. The molecular weight excluding hydrogens is 288 g/mol. The molecule has 0 bridgehead atoms. The number of rotatable bonds is 6. The summed E-state index contributed by atoms with van der Waals surface area (Å²) < 4.78 is 1.81. The predicted molar refractivity (Wildman–Crippen MR) is 90.1 cm³/mol. The first-order valence-electron chi connectivity index (χ1n) is 7.38. The quantitative estimate of drug-likeness (QED) is 0.432. The summed E-state index contributed by atoms with van der Waals surface area (Å²) in [6.45, 7) is 0.384. The van der Waals surface area contributed by atoms with E-state index in [-0.39, 0.29) is 0 Å². The zero-order valence-corrected chi connectivity index (χ0v) is 12.7. The van der Waals surface area contributed by atoms with Crippen LogP contribution in [0.3, 0.4) is 0 Å². The topological polar surface area (TPSA) is 65.4 Å². The van der Waals surface area contributed by atoms with Gasteiger partial charge < -0.3 is 10.6 Å². The number of amidine groups is 1. The number of aromatic nitrogens is 2. The van der Waals surface area contributed by atoms with Gasteiger partial charge in [0.05, 0.1) is 5.69 Å². The molecule has 0 amide bonds. The van der Waals surface area contributed by atoms with E-state index < -0.39 is 0 Å². The second kappa shape index (κ2) is 7.26. The van der Waals surface area contributed by atoms with Gasteiger partial charge in [0.25, 0.3) is 0 Å². The Morgan fingerprint density at radius 3 is 2.48 bits per heavy atom. The maximum atomic E-state index is 5.87. The molecule has 0 aliphatic carbocycles. The van der Waals surface area contributed by atoms with E-state index in [1.54, 1.807) is 10.9 Å². The highest BCUT2D eigenvalue weighted by Gasteiger charge is 1.99. The van der Waals surface area contributed by atoms with E-state index in [9.17, 15) is 0 Å². The maximum Gasteiger partial charge on any atom is 0.143 e. The Hall–Kier alpha value is -3.08. The van der Waals surface area contributed by atoms with Gasteiger partial charge in [-0.1, -0.05) is 47.6 Å². The first kappa shape index (κ1) is 14.8. The first-order valence-corrected chi connectivity index (χ1v) is 7.38. The van der Waals surface area contributed by atoms with Crippen LogP contribution in [0.15, 0.2) is 78.2 Å². The Labute approximate surface area is 135 Å². The molecule has 0 spiro atoms. The molecule has 1 heterocycles. The molecule has 0 radical (unpaired) electrons. The molecule has 0 aliphatic heterocycles. The number of hydrogen-bond donors (Lipinski definition) is 1. The van der Waals surface area contributed by atoms with Gasteiger partial charge >= 0.3 is 0 Å². The Morgan fingerprint density at radius 2 is 1.78 bits per heavy atom. The zero-order chi connectivity index (χ0) is 15.9. The highest BCUT2D eigenvalue weighted by Crippen LogP contribution is 2.09. The summed E-state index contributed by atoms with van der Waals surface area (Å²) in [6, 6.07) is 19.8. The molecule has 23 heavy (non-hydrogen) atoms. The fraction of sp³-hybridized carbons (Fsp3) is 0.111. The van der Waals surface area contributed by atoms with Crippen LogP contribution in [-0.2, 0) is 17.9 Å². The molecule has 0 saturated carbocycles. The fourth-order valence-corrected chi connectivity index (χ4v) is 2.19. The molecular formula is C18H18N4O. The van der Waals surface area contributed by atoms with Gasteiger partial charge in [0.2, 0.25) is 0 Å². The minimum Gasteiger partial charge on any atom is -0.390 e. The summed E-state index contributed by atoms with van der Waals surface area (Å²) in [5, 5.41) is 8.15. The zero-order valence-electron chi connectivity index (χ0n) is 12.7. The molecule has 5 nitrogen and oxygen atoms in total. The summed E-state index contributed by atoms with van der Waals surface area (Å²) in [7, 11) is 0. The van der Waals surface area contributed by atoms with Gasteiger partial charge in [-0.15, -0.1) is 0 Å². The van der Waals surface area contributed by atoms with Crippen molar-refractivity contribution >= 4 is 5.84 Å². The van der Waals surface area contributed by atoms with Crippen molar-refractivity contribution in [2.45, 2.75) is 13.0 Å². The molecule has 0 aliphatic rings. The van der Waals surface area contributed by atoms with Gasteiger partial charge in [0, 0.05) is 18.8 Å². The highest BCUT2D eigenvalue weighted by molar-refractivity contribution is 5.82. The minimum absolute atomic E-state index is 0.384. The van der Waals surface area contributed by atoms with E-state index in [0.717, 1.165) is 16.8 Å². The van der Waals surface area contributed by atoms with Crippen LogP contribution in [0.25, 0.3) is 5.69 Å². The minimum atomic E-state index is 0.384. The van der Waals surface area contributed by atoms with Crippen LogP contribution in [0, 0.1) is 0 Å². The number of benzene rings is 2. The van der Waals surface area contributed by atoms with Crippen molar-refractivity contribution in [1.29, 1.82) is 0 Å². The van der Waals surface area contributed by atoms with Crippen molar-refractivity contribution < 1.29 is 4.84 Å². The first-order chi connectivity index (χ1) is 11.3. The van der Waals surface area contributed by atoms with E-state index in [0.29, 0.717) is 18.9 Å². The summed E-state index contributed by atoms with van der Waals surface area (Å²) in [6.07, 6.45) is 4.24. The lowest BCUT2D eigenvalue weighted by Crippen LogP contribution is -2.15. The molecule has 3 rings (SSSR count). The Bertz CT molecular complexity index is 749. The van der Waals surface area contributed by atoms with E-state index >= 15 is 0 Å². The lowest BCUT2D eigenvalue weighted by Gasteiger charge is -2.05. The summed E-state index contributed by atoms with van der Waals surface area (Å²) in [4.78, 5) is 5.32. The third kappa shape index (κ3) is 4.20. The molecule has 0 saturated heterocycles. The normalized spacial score (nSPS) is 11.4. The van der Waals surface area contributed by atoms with Crippen LogP contribution in [0.2, 0.25) is 0 Å². The van der Waals surface area contributed by atoms with Crippen molar-refractivity contribution in [1.82, 2.24) is 9.78 Å². The lowest BCUT2D eigenvalue weighted by atomic mass is 10.1. The maximum absolute atomic E-state index is 5.87. The fourth-order valence-electron chi connectivity index (χ4n) is 2.19. The van der Waals surface area contributed by atoms with Crippen LogP contribution in [0.5, 0.6) is 0 Å². The Balaban J connectivity index is 1.53. The van der Waals surface area contributed by atoms with Crippen molar-refractivity contribution in [3.05, 3.63) is 84.2 Å². The third-order valence-electron chi connectivity index (χ3n) is 3.35. The summed E-state index contributed by atoms with van der Waals surface area (Å²) in [5.74, 6) is 0.462. The predicted octanol–water partition coefficient (Wildman–Crippen LogP) is 2.90. The molecule has 2 N–H and O–H groups in total. The Morgan fingerprint density at radius 1 is 1.00 bits per heavy atom. The molecule has 116 valence electrons. The largest absolute Gasteiger partial charge is 0.390 e. The lowest BCUT2D eigenvalue weighted by molar-refractivity contribution is 0.129. The molecule has 0 atom stereocenters. The van der Waals surface area contributed by atoms with Crippen LogP contribution in [0.1, 0.15) is 11.1 Å². The van der Waals surface area contributed by atoms with E-state index in [2.05, 4.69) is 10.3 Å². The van der Waals surface area contributed by atoms with Crippen molar-refractivity contribution in [2.24, 2.45) is 10.9 Å². The van der Waals surface area contributed by atoms with Crippen LogP contribution in [0.4, 0.5) is 0 Å². The number of oxime groups is 1. The Kier molecular flexibility index (Phi) is 4.69. The van der Waals surface area contributed by atoms with Gasteiger partial charge in [-0.2, -0.15) is 5.10 Å². The van der Waals surface area contributed by atoms with E-state index in [4.69, 9.17) is 10.6 Å². The van der Waals surface area contributed by atoms with Crippen molar-refractivity contribution in [3.63, 3.8) is 0 Å². The van der Waals surface area contributed by atoms with Crippen LogP contribution < -0.4 is 5.73 Å². The molecule has 5 heteroatoms. The van der Waals surface area contributed by atoms with Crippen molar-refractivity contribution in [3.8, 4) is 5.69 Å². The van der Waals surface area contributed by atoms with Gasteiger partial charge in [-0.25, -0.2) is 4.68 Å². The van der Waals surface area contributed by atoms with Gasteiger partial charge in [0.1, 0.15) is 12.4 Å². The standard InChI is InChI=1S/C18H18N4O/c19-18(13-15-5-2-1-3-6-15)21-23-14-16-7-9-17(10-8-16)22-12-4-11-20-22/h1-12H,13-14H2,(H2,19,21). The average molecular weight is 306 g/mol. The number of nitrogens with zero attached hydrogens (tertiary/aromatic N) is 3. The highest BCUT2D eigenvalue weighted by atomic mass is 16.6. The van der Waals surface area contributed by atoms with Gasteiger partial charge in [0.15, 0.2) is 0 Å². The molecule has 2 aromatic carbocycles. The number of hydrogen-bond acceptors (Lipinski definition) is 3. The SMILES string of the molecule is N/C(Cc1ccccc1)=N\OCc1ccc(-n2cccn2)cc1. The smallest absolute Gasteiger partial charge is 0.143 e. The third-order valence-corrected chi connectivity index (χ3v) is 3.35. The average Bonchev–Trinajstić information content (AvgIpc) is 3.11. The molecule has 0 unspecified atom stereocenters. The number of nitrogens with two attached hydrogens (primary N) is 1. The van der Waals surface area contributed by atoms with Crippen LogP contribution >= 0.6 is 0 Å². The molecule has 1 aromatic heterocycles. The second-order valence-corrected chi connectivity index (χ2v) is 5.14. The van der Waals surface area contributed by atoms with Gasteiger partial charge in [-0.05, 0) is 29.3 Å². The van der Waals surface area contributed by atoms with E-state index in [1.165, 1.54) is 0 Å². The van der Waals surface area contributed by atoms with Gasteiger partial charge in [-0.3, -0.25) is 0 Å². The summed E-state index contributed by atoms with van der Waals surface area (Å²) >= 11 is 0. The van der Waals surface area contributed by atoms with Crippen molar-refractivity contribution in [2.75, 3.05) is 0 Å². The second-order valence-electron chi connectivity index (χ2n) is 5.14. The van der Waals surface area contributed by atoms with Crippen LogP contribution in [-0.4, -0.2) is 15.6 Å². The molecule has 0 fully saturated rings. The van der Waals surface area contributed by atoms with E-state index in [1.807, 2.05) is 66.9 Å². The monoisotopic (exact) mass is 306 g/mol.